The molecule has 15 heavy (non-hydrogen) atoms. The summed E-state index contributed by atoms with van der Waals surface area (Å²) in [6, 6.07) is 0. The standard InChI is InChI=1S/C8H17NO6/c1-2-9-8(15)7(14)6(13)5(12)4(11)3-10/h4-7,10-14H,2-3H2,1H3,(H,9,15)/t4?,5-,6+,7?/m1/s1. The summed E-state index contributed by atoms with van der Waals surface area (Å²) < 4.78 is 0. The number of rotatable bonds is 6. The Hall–Kier alpha value is -0.730. The molecule has 1 amide bonds. The second kappa shape index (κ2) is 6.70. The first-order valence-electron chi connectivity index (χ1n) is 4.56. The summed E-state index contributed by atoms with van der Waals surface area (Å²) in [6.07, 6.45) is -7.09. The molecule has 0 heterocycles. The fraction of sp³-hybridized carbons (Fsp3) is 0.875. The van der Waals surface area contributed by atoms with Gasteiger partial charge < -0.3 is 30.8 Å². The average Bonchev–Trinajstić information content (AvgIpc) is 2.25. The predicted octanol–water partition coefficient (Wildman–Crippen LogP) is -3.44. The number of hydrogen-bond donors (Lipinski definition) is 6. The maximum Gasteiger partial charge on any atom is 0.251 e. The first-order chi connectivity index (χ1) is 6.95. The number of hydrogen-bond acceptors (Lipinski definition) is 6. The Morgan fingerprint density at radius 1 is 1.20 bits per heavy atom. The van der Waals surface area contributed by atoms with Gasteiger partial charge in [-0.25, -0.2) is 0 Å². The van der Waals surface area contributed by atoms with Gasteiger partial charge in [0.05, 0.1) is 6.61 Å². The van der Waals surface area contributed by atoms with Crippen molar-refractivity contribution in [1.29, 1.82) is 0 Å². The number of carbonyl (C=O) groups is 1. The van der Waals surface area contributed by atoms with Gasteiger partial charge in [0.25, 0.3) is 5.91 Å². The van der Waals surface area contributed by atoms with Crippen LogP contribution in [0.15, 0.2) is 0 Å². The molecular weight excluding hydrogens is 206 g/mol. The molecule has 2 unspecified atom stereocenters. The summed E-state index contributed by atoms with van der Waals surface area (Å²) in [5.74, 6) is -0.853. The summed E-state index contributed by atoms with van der Waals surface area (Å²) in [5.41, 5.74) is 0. The molecule has 0 radical (unpaired) electrons. The van der Waals surface area contributed by atoms with Crippen molar-refractivity contribution in [3.05, 3.63) is 0 Å². The van der Waals surface area contributed by atoms with Gasteiger partial charge in [-0.15, -0.1) is 0 Å². The predicted molar refractivity (Wildman–Crippen MR) is 49.8 cm³/mol. The highest BCUT2D eigenvalue weighted by Gasteiger charge is 2.33. The highest BCUT2D eigenvalue weighted by atomic mass is 16.4. The zero-order chi connectivity index (χ0) is 12.0. The van der Waals surface area contributed by atoms with Crippen LogP contribution in [0.4, 0.5) is 0 Å². The van der Waals surface area contributed by atoms with Gasteiger partial charge in [0, 0.05) is 6.54 Å². The highest BCUT2D eigenvalue weighted by Crippen LogP contribution is 2.05. The molecule has 0 aromatic rings. The monoisotopic (exact) mass is 223 g/mol. The average molecular weight is 223 g/mol. The van der Waals surface area contributed by atoms with Crippen LogP contribution in [0, 0.1) is 0 Å². The Balaban J connectivity index is 4.29. The van der Waals surface area contributed by atoms with Crippen molar-refractivity contribution < 1.29 is 30.3 Å². The molecule has 0 saturated heterocycles. The molecule has 0 aliphatic heterocycles. The topological polar surface area (TPSA) is 130 Å². The van der Waals surface area contributed by atoms with Crippen LogP contribution in [-0.2, 0) is 4.79 Å². The van der Waals surface area contributed by atoms with Crippen molar-refractivity contribution in [2.75, 3.05) is 13.2 Å². The van der Waals surface area contributed by atoms with Crippen molar-refractivity contribution in [1.82, 2.24) is 5.32 Å². The Morgan fingerprint density at radius 3 is 2.13 bits per heavy atom. The first kappa shape index (κ1) is 14.3. The number of nitrogens with one attached hydrogen (secondary N) is 1. The number of likely N-dealkylation sites (N-methyl/N-ethyl adjacent to an activating group) is 1. The number of aliphatic hydroxyl groups is 5. The molecule has 0 aromatic carbocycles. The van der Waals surface area contributed by atoms with Crippen LogP contribution < -0.4 is 5.32 Å². The molecular formula is C8H17NO6. The van der Waals surface area contributed by atoms with Crippen LogP contribution in [0.25, 0.3) is 0 Å². The third-order valence-electron chi connectivity index (χ3n) is 1.87. The van der Waals surface area contributed by atoms with Gasteiger partial charge in [-0.1, -0.05) is 0 Å². The minimum absolute atomic E-state index is 0.265. The largest absolute Gasteiger partial charge is 0.394 e. The highest BCUT2D eigenvalue weighted by molar-refractivity contribution is 5.81. The molecule has 4 atom stereocenters. The molecule has 0 bridgehead atoms. The molecule has 0 saturated carbocycles. The third-order valence-corrected chi connectivity index (χ3v) is 1.87. The van der Waals surface area contributed by atoms with Gasteiger partial charge in [0.2, 0.25) is 0 Å². The summed E-state index contributed by atoms with van der Waals surface area (Å²) >= 11 is 0. The van der Waals surface area contributed by atoms with Gasteiger partial charge in [0.15, 0.2) is 6.10 Å². The van der Waals surface area contributed by atoms with E-state index in [9.17, 15) is 20.1 Å². The van der Waals surface area contributed by atoms with Crippen LogP contribution in [0.5, 0.6) is 0 Å². The van der Waals surface area contributed by atoms with Crippen molar-refractivity contribution in [3.63, 3.8) is 0 Å². The van der Waals surface area contributed by atoms with Crippen molar-refractivity contribution in [2.45, 2.75) is 31.3 Å². The van der Waals surface area contributed by atoms with E-state index < -0.39 is 36.9 Å². The van der Waals surface area contributed by atoms with Crippen molar-refractivity contribution in [3.8, 4) is 0 Å². The van der Waals surface area contributed by atoms with E-state index in [0.29, 0.717) is 0 Å². The van der Waals surface area contributed by atoms with Crippen LogP contribution in [-0.4, -0.2) is 69.0 Å². The SMILES string of the molecule is CCNC(=O)C(O)[C@@H](O)[C@H](O)C(O)CO. The van der Waals surface area contributed by atoms with Gasteiger partial charge in [-0.05, 0) is 6.92 Å². The molecule has 0 rings (SSSR count). The van der Waals surface area contributed by atoms with Crippen LogP contribution >= 0.6 is 0 Å². The van der Waals surface area contributed by atoms with E-state index in [1.54, 1.807) is 6.92 Å². The van der Waals surface area contributed by atoms with Gasteiger partial charge >= 0.3 is 0 Å². The van der Waals surface area contributed by atoms with Gasteiger partial charge in [-0.2, -0.15) is 0 Å². The lowest BCUT2D eigenvalue weighted by Crippen LogP contribution is -2.51. The van der Waals surface area contributed by atoms with E-state index in [-0.39, 0.29) is 6.54 Å². The molecule has 0 spiro atoms. The molecule has 90 valence electrons. The van der Waals surface area contributed by atoms with E-state index in [4.69, 9.17) is 10.2 Å². The Bertz CT molecular complexity index is 200. The van der Waals surface area contributed by atoms with Gasteiger partial charge in [0.1, 0.15) is 18.3 Å². The third kappa shape index (κ3) is 4.10. The van der Waals surface area contributed by atoms with Crippen molar-refractivity contribution in [2.24, 2.45) is 0 Å². The summed E-state index contributed by atoms with van der Waals surface area (Å²) in [7, 11) is 0. The molecule has 7 heteroatoms. The fourth-order valence-corrected chi connectivity index (χ4v) is 0.956. The lowest BCUT2D eigenvalue weighted by atomic mass is 10.0. The van der Waals surface area contributed by atoms with E-state index in [1.807, 2.05) is 0 Å². The summed E-state index contributed by atoms with van der Waals surface area (Å²) in [4.78, 5) is 11.0. The zero-order valence-corrected chi connectivity index (χ0v) is 8.37. The summed E-state index contributed by atoms with van der Waals surface area (Å²) in [6.45, 7) is 1.11. The second-order valence-corrected chi connectivity index (χ2v) is 3.07. The van der Waals surface area contributed by atoms with E-state index in [0.717, 1.165) is 0 Å². The van der Waals surface area contributed by atoms with Crippen LogP contribution in [0.3, 0.4) is 0 Å². The fourth-order valence-electron chi connectivity index (χ4n) is 0.956. The lowest BCUT2D eigenvalue weighted by molar-refractivity contribution is -0.148. The van der Waals surface area contributed by atoms with E-state index >= 15 is 0 Å². The maximum atomic E-state index is 11.0. The minimum Gasteiger partial charge on any atom is -0.394 e. The maximum absolute atomic E-state index is 11.0. The number of carbonyl (C=O) groups excluding carboxylic acids is 1. The summed E-state index contributed by atoms with van der Waals surface area (Å²) in [5, 5.41) is 47.3. The molecule has 6 N–H and O–H groups in total. The molecule has 0 fully saturated rings. The van der Waals surface area contributed by atoms with Crippen LogP contribution in [0.2, 0.25) is 0 Å². The second-order valence-electron chi connectivity index (χ2n) is 3.07. The quantitative estimate of drug-likeness (QED) is 0.278. The Morgan fingerprint density at radius 2 is 1.73 bits per heavy atom. The minimum atomic E-state index is -1.85. The van der Waals surface area contributed by atoms with Crippen LogP contribution in [0.1, 0.15) is 6.92 Å². The zero-order valence-electron chi connectivity index (χ0n) is 8.37. The number of amides is 1. The Labute approximate surface area is 87.0 Å². The molecule has 0 aliphatic rings. The number of aliphatic hydroxyl groups excluding tert-OH is 5. The van der Waals surface area contributed by atoms with E-state index in [2.05, 4.69) is 5.32 Å². The lowest BCUT2D eigenvalue weighted by Gasteiger charge is -2.24. The van der Waals surface area contributed by atoms with Gasteiger partial charge in [-0.3, -0.25) is 4.79 Å². The molecule has 0 aliphatic carbocycles. The Kier molecular flexibility index (Phi) is 6.37. The normalized spacial score (nSPS) is 19.1. The smallest absolute Gasteiger partial charge is 0.251 e. The molecule has 7 nitrogen and oxygen atoms in total. The van der Waals surface area contributed by atoms with Crippen molar-refractivity contribution >= 4 is 5.91 Å². The first-order valence-corrected chi connectivity index (χ1v) is 4.56. The molecule has 0 aromatic heterocycles. The van der Waals surface area contributed by atoms with E-state index in [1.165, 1.54) is 0 Å².